The van der Waals surface area contributed by atoms with Gasteiger partial charge in [0, 0.05) is 19.6 Å². The smallest absolute Gasteiger partial charge is 0.191 e. The monoisotopic (exact) mass is 308 g/mol. The average molecular weight is 309 g/mol. The van der Waals surface area contributed by atoms with E-state index < -0.39 is 0 Å². The SMILES string of the molecule is CC(C)CCN1CCC(CN=C(N)N2CCCCCC2)CC1. The first kappa shape index (κ1) is 17.6. The Kier molecular flexibility index (Phi) is 7.50. The summed E-state index contributed by atoms with van der Waals surface area (Å²) in [6.07, 6.45) is 9.13. The van der Waals surface area contributed by atoms with Crippen molar-refractivity contribution in [3.63, 3.8) is 0 Å². The van der Waals surface area contributed by atoms with E-state index in [1.54, 1.807) is 0 Å². The topological polar surface area (TPSA) is 44.9 Å². The third-order valence-electron chi connectivity index (χ3n) is 5.17. The molecule has 0 radical (unpaired) electrons. The van der Waals surface area contributed by atoms with Crippen molar-refractivity contribution in [2.45, 2.75) is 58.8 Å². The van der Waals surface area contributed by atoms with Crippen LogP contribution in [0.5, 0.6) is 0 Å². The van der Waals surface area contributed by atoms with Crippen LogP contribution in [0, 0.1) is 11.8 Å². The number of rotatable bonds is 5. The molecule has 0 aliphatic carbocycles. The van der Waals surface area contributed by atoms with Crippen LogP contribution in [0.4, 0.5) is 0 Å². The summed E-state index contributed by atoms with van der Waals surface area (Å²) < 4.78 is 0. The molecular formula is C18H36N4. The molecule has 0 aromatic carbocycles. The van der Waals surface area contributed by atoms with Crippen LogP contribution in [-0.4, -0.2) is 55.0 Å². The van der Waals surface area contributed by atoms with Gasteiger partial charge >= 0.3 is 0 Å². The highest BCUT2D eigenvalue weighted by atomic mass is 15.2. The molecule has 2 rings (SSSR count). The van der Waals surface area contributed by atoms with Crippen molar-refractivity contribution in [2.24, 2.45) is 22.6 Å². The lowest BCUT2D eigenvalue weighted by Crippen LogP contribution is -2.39. The van der Waals surface area contributed by atoms with Crippen LogP contribution in [-0.2, 0) is 0 Å². The predicted molar refractivity (Wildman–Crippen MR) is 95.1 cm³/mol. The van der Waals surface area contributed by atoms with Crippen molar-refractivity contribution >= 4 is 5.96 Å². The minimum Gasteiger partial charge on any atom is -0.370 e. The number of hydrogen-bond donors (Lipinski definition) is 1. The van der Waals surface area contributed by atoms with E-state index in [4.69, 9.17) is 10.7 Å². The molecule has 0 atom stereocenters. The van der Waals surface area contributed by atoms with Crippen molar-refractivity contribution in [3.8, 4) is 0 Å². The third-order valence-corrected chi connectivity index (χ3v) is 5.17. The Hall–Kier alpha value is -0.770. The van der Waals surface area contributed by atoms with Crippen molar-refractivity contribution in [1.29, 1.82) is 0 Å². The molecule has 2 heterocycles. The van der Waals surface area contributed by atoms with Gasteiger partial charge in [0.1, 0.15) is 0 Å². The maximum atomic E-state index is 6.21. The Bertz CT molecular complexity index is 324. The van der Waals surface area contributed by atoms with Gasteiger partial charge in [0.2, 0.25) is 0 Å². The summed E-state index contributed by atoms with van der Waals surface area (Å²) in [6, 6.07) is 0. The first-order valence-electron chi connectivity index (χ1n) is 9.42. The number of hydrogen-bond acceptors (Lipinski definition) is 2. The molecule has 22 heavy (non-hydrogen) atoms. The Labute approximate surface area is 137 Å². The van der Waals surface area contributed by atoms with E-state index in [1.165, 1.54) is 64.6 Å². The summed E-state index contributed by atoms with van der Waals surface area (Å²) in [5, 5.41) is 0. The number of likely N-dealkylation sites (tertiary alicyclic amines) is 2. The normalized spacial score (nSPS) is 23.0. The van der Waals surface area contributed by atoms with Gasteiger partial charge in [-0.3, -0.25) is 4.99 Å². The largest absolute Gasteiger partial charge is 0.370 e. The number of guanidine groups is 1. The molecule has 2 aliphatic heterocycles. The van der Waals surface area contributed by atoms with Crippen LogP contribution in [0.15, 0.2) is 4.99 Å². The Morgan fingerprint density at radius 3 is 2.27 bits per heavy atom. The molecule has 4 nitrogen and oxygen atoms in total. The minimum atomic E-state index is 0.737. The van der Waals surface area contributed by atoms with Gasteiger partial charge in [-0.2, -0.15) is 0 Å². The Balaban J connectivity index is 1.67. The van der Waals surface area contributed by atoms with Crippen molar-refractivity contribution in [1.82, 2.24) is 9.80 Å². The van der Waals surface area contributed by atoms with Crippen LogP contribution >= 0.6 is 0 Å². The maximum absolute atomic E-state index is 6.21. The van der Waals surface area contributed by atoms with E-state index in [0.717, 1.165) is 37.4 Å². The molecule has 4 heteroatoms. The predicted octanol–water partition coefficient (Wildman–Crippen LogP) is 2.94. The van der Waals surface area contributed by atoms with Crippen LogP contribution in [0.3, 0.4) is 0 Å². The highest BCUT2D eigenvalue weighted by molar-refractivity contribution is 5.78. The lowest BCUT2D eigenvalue weighted by atomic mass is 9.96. The van der Waals surface area contributed by atoms with Crippen molar-refractivity contribution in [3.05, 3.63) is 0 Å². The van der Waals surface area contributed by atoms with Crippen molar-refractivity contribution in [2.75, 3.05) is 39.3 Å². The summed E-state index contributed by atoms with van der Waals surface area (Å²) in [7, 11) is 0. The van der Waals surface area contributed by atoms with E-state index in [0.29, 0.717) is 0 Å². The molecular weight excluding hydrogens is 272 g/mol. The second-order valence-corrected chi connectivity index (χ2v) is 7.57. The minimum absolute atomic E-state index is 0.737. The molecule has 2 saturated heterocycles. The van der Waals surface area contributed by atoms with E-state index in [9.17, 15) is 0 Å². The Morgan fingerprint density at radius 2 is 1.68 bits per heavy atom. The molecule has 2 N–H and O–H groups in total. The molecule has 2 aliphatic rings. The molecule has 0 bridgehead atoms. The number of piperidine rings is 1. The molecule has 0 aromatic rings. The fourth-order valence-electron chi connectivity index (χ4n) is 3.46. The number of aliphatic imine (C=N–C) groups is 1. The highest BCUT2D eigenvalue weighted by Gasteiger charge is 2.19. The van der Waals surface area contributed by atoms with Gasteiger partial charge in [0.25, 0.3) is 0 Å². The molecule has 0 unspecified atom stereocenters. The first-order valence-corrected chi connectivity index (χ1v) is 9.42. The Morgan fingerprint density at radius 1 is 1.05 bits per heavy atom. The van der Waals surface area contributed by atoms with Gasteiger partial charge in [-0.15, -0.1) is 0 Å². The van der Waals surface area contributed by atoms with E-state index in [2.05, 4.69) is 23.6 Å². The quantitative estimate of drug-likeness (QED) is 0.627. The van der Waals surface area contributed by atoms with Crippen molar-refractivity contribution < 1.29 is 0 Å². The summed E-state index contributed by atoms with van der Waals surface area (Å²) in [5.74, 6) is 2.35. The van der Waals surface area contributed by atoms with Gasteiger partial charge in [0.15, 0.2) is 5.96 Å². The molecule has 2 fully saturated rings. The van der Waals surface area contributed by atoms with Crippen LogP contribution in [0.25, 0.3) is 0 Å². The maximum Gasteiger partial charge on any atom is 0.191 e. The van der Waals surface area contributed by atoms with Gasteiger partial charge in [-0.1, -0.05) is 26.7 Å². The van der Waals surface area contributed by atoms with Gasteiger partial charge in [-0.25, -0.2) is 0 Å². The average Bonchev–Trinajstić information content (AvgIpc) is 2.81. The zero-order chi connectivity index (χ0) is 15.8. The summed E-state index contributed by atoms with van der Waals surface area (Å²) in [4.78, 5) is 9.63. The zero-order valence-corrected chi connectivity index (χ0v) is 14.8. The van der Waals surface area contributed by atoms with Crippen LogP contribution < -0.4 is 5.73 Å². The molecule has 0 aromatic heterocycles. The standard InChI is InChI=1S/C18H36N4/c1-16(2)7-12-21-13-8-17(9-14-21)15-20-18(19)22-10-5-3-4-6-11-22/h16-17H,3-15H2,1-2H3,(H2,19,20). The van der Waals surface area contributed by atoms with E-state index in [-0.39, 0.29) is 0 Å². The molecule has 0 saturated carbocycles. The fraction of sp³-hybridized carbons (Fsp3) is 0.944. The molecule has 0 amide bonds. The summed E-state index contributed by atoms with van der Waals surface area (Å²) in [6.45, 7) is 11.5. The number of nitrogens with two attached hydrogens (primary N) is 1. The second kappa shape index (κ2) is 9.39. The third kappa shape index (κ3) is 6.15. The van der Waals surface area contributed by atoms with Gasteiger partial charge < -0.3 is 15.5 Å². The number of nitrogens with zero attached hydrogens (tertiary/aromatic N) is 3. The zero-order valence-electron chi connectivity index (χ0n) is 14.8. The van der Waals surface area contributed by atoms with E-state index >= 15 is 0 Å². The van der Waals surface area contributed by atoms with Crippen LogP contribution in [0.1, 0.15) is 58.8 Å². The van der Waals surface area contributed by atoms with Gasteiger partial charge in [0.05, 0.1) is 0 Å². The lowest BCUT2D eigenvalue weighted by molar-refractivity contribution is 0.179. The summed E-state index contributed by atoms with van der Waals surface area (Å²) in [5.41, 5.74) is 6.21. The summed E-state index contributed by atoms with van der Waals surface area (Å²) >= 11 is 0. The molecule has 128 valence electrons. The highest BCUT2D eigenvalue weighted by Crippen LogP contribution is 2.18. The van der Waals surface area contributed by atoms with Gasteiger partial charge in [-0.05, 0) is 63.6 Å². The fourth-order valence-corrected chi connectivity index (χ4v) is 3.46. The van der Waals surface area contributed by atoms with Crippen LogP contribution in [0.2, 0.25) is 0 Å². The second-order valence-electron chi connectivity index (χ2n) is 7.57. The van der Waals surface area contributed by atoms with E-state index in [1.807, 2.05) is 0 Å². The lowest BCUT2D eigenvalue weighted by Gasteiger charge is -2.32. The first-order chi connectivity index (χ1) is 10.6. The molecule has 0 spiro atoms.